The summed E-state index contributed by atoms with van der Waals surface area (Å²) in [5, 5.41) is 20.7. The fourth-order valence-corrected chi connectivity index (χ4v) is 2.15. The van der Waals surface area contributed by atoms with Gasteiger partial charge in [0, 0.05) is 18.7 Å². The SMILES string of the molecule is Cc1ccc(-c2nnc(-c3ccco3)nc2NCCCO)cc1. The Morgan fingerprint density at radius 1 is 1.13 bits per heavy atom. The van der Waals surface area contributed by atoms with Crippen molar-refractivity contribution in [3.05, 3.63) is 48.2 Å². The highest BCUT2D eigenvalue weighted by molar-refractivity contribution is 5.72. The maximum Gasteiger partial charge on any atom is 0.219 e. The fourth-order valence-electron chi connectivity index (χ4n) is 2.15. The molecule has 0 amide bonds. The van der Waals surface area contributed by atoms with Gasteiger partial charge >= 0.3 is 0 Å². The Balaban J connectivity index is 1.98. The maximum atomic E-state index is 8.96. The number of benzene rings is 1. The van der Waals surface area contributed by atoms with Gasteiger partial charge in [-0.1, -0.05) is 29.8 Å². The number of anilines is 1. The van der Waals surface area contributed by atoms with Crippen molar-refractivity contribution in [1.82, 2.24) is 15.2 Å². The standard InChI is InChI=1S/C17H18N4O2/c1-12-5-7-13(8-6-12)15-17(18-9-3-10-22)19-16(21-20-15)14-4-2-11-23-14/h2,4-8,11,22H,3,9-10H2,1H3,(H,18,19,21). The summed E-state index contributed by atoms with van der Waals surface area (Å²) in [4.78, 5) is 4.53. The van der Waals surface area contributed by atoms with E-state index in [-0.39, 0.29) is 6.61 Å². The van der Waals surface area contributed by atoms with Crippen LogP contribution in [0.25, 0.3) is 22.8 Å². The highest BCUT2D eigenvalue weighted by Gasteiger charge is 2.13. The molecule has 0 aliphatic rings. The van der Waals surface area contributed by atoms with Crippen molar-refractivity contribution in [3.63, 3.8) is 0 Å². The topological polar surface area (TPSA) is 84.1 Å². The lowest BCUT2D eigenvalue weighted by molar-refractivity contribution is 0.292. The Hall–Kier alpha value is -2.73. The van der Waals surface area contributed by atoms with E-state index in [1.54, 1.807) is 18.4 Å². The number of aliphatic hydroxyl groups excluding tert-OH is 1. The van der Waals surface area contributed by atoms with E-state index in [1.807, 2.05) is 31.2 Å². The number of aromatic nitrogens is 3. The minimum Gasteiger partial charge on any atom is -0.461 e. The predicted octanol–water partition coefficient (Wildman–Crippen LogP) is 2.90. The minimum absolute atomic E-state index is 0.121. The van der Waals surface area contributed by atoms with Crippen LogP contribution < -0.4 is 5.32 Å². The van der Waals surface area contributed by atoms with Gasteiger partial charge in [0.25, 0.3) is 0 Å². The van der Waals surface area contributed by atoms with Crippen LogP contribution in [0.1, 0.15) is 12.0 Å². The first-order valence-corrected chi connectivity index (χ1v) is 7.48. The van der Waals surface area contributed by atoms with Crippen LogP contribution in [0.5, 0.6) is 0 Å². The highest BCUT2D eigenvalue weighted by atomic mass is 16.3. The van der Waals surface area contributed by atoms with Crippen LogP contribution in [-0.2, 0) is 0 Å². The quantitative estimate of drug-likeness (QED) is 0.681. The molecule has 6 heteroatoms. The summed E-state index contributed by atoms with van der Waals surface area (Å²) in [6.45, 7) is 2.76. The van der Waals surface area contributed by atoms with E-state index in [0.29, 0.717) is 36.1 Å². The van der Waals surface area contributed by atoms with Gasteiger partial charge in [-0.15, -0.1) is 10.2 Å². The lowest BCUT2D eigenvalue weighted by Crippen LogP contribution is -2.09. The molecule has 2 heterocycles. The third-order valence-electron chi connectivity index (χ3n) is 3.38. The Kier molecular flexibility index (Phi) is 4.63. The number of nitrogens with one attached hydrogen (secondary N) is 1. The van der Waals surface area contributed by atoms with Gasteiger partial charge in [-0.05, 0) is 25.5 Å². The number of rotatable bonds is 6. The Labute approximate surface area is 134 Å². The first kappa shape index (κ1) is 15.2. The second-order valence-electron chi connectivity index (χ2n) is 5.18. The zero-order valence-electron chi connectivity index (χ0n) is 12.9. The minimum atomic E-state index is 0.121. The van der Waals surface area contributed by atoms with Crippen molar-refractivity contribution in [2.45, 2.75) is 13.3 Å². The van der Waals surface area contributed by atoms with Crippen molar-refractivity contribution >= 4 is 5.82 Å². The van der Waals surface area contributed by atoms with Crippen molar-refractivity contribution < 1.29 is 9.52 Å². The largest absolute Gasteiger partial charge is 0.461 e. The molecule has 0 saturated heterocycles. The third kappa shape index (κ3) is 3.54. The van der Waals surface area contributed by atoms with Gasteiger partial charge < -0.3 is 14.8 Å². The number of hydrogen-bond acceptors (Lipinski definition) is 6. The first-order chi connectivity index (χ1) is 11.3. The van der Waals surface area contributed by atoms with Crippen LogP contribution >= 0.6 is 0 Å². The van der Waals surface area contributed by atoms with E-state index in [0.717, 1.165) is 5.56 Å². The summed E-state index contributed by atoms with van der Waals surface area (Å²) in [5.41, 5.74) is 2.79. The summed E-state index contributed by atoms with van der Waals surface area (Å²) in [5.74, 6) is 1.62. The second-order valence-corrected chi connectivity index (χ2v) is 5.18. The summed E-state index contributed by atoms with van der Waals surface area (Å²) < 4.78 is 5.33. The lowest BCUT2D eigenvalue weighted by Gasteiger charge is -2.10. The Morgan fingerprint density at radius 2 is 1.96 bits per heavy atom. The van der Waals surface area contributed by atoms with Gasteiger partial charge in [-0.3, -0.25) is 0 Å². The highest BCUT2D eigenvalue weighted by Crippen LogP contribution is 2.26. The summed E-state index contributed by atoms with van der Waals surface area (Å²) >= 11 is 0. The zero-order valence-corrected chi connectivity index (χ0v) is 12.9. The molecule has 3 rings (SSSR count). The first-order valence-electron chi connectivity index (χ1n) is 7.48. The molecule has 118 valence electrons. The number of aryl methyl sites for hydroxylation is 1. The molecule has 6 nitrogen and oxygen atoms in total. The number of furan rings is 1. The van der Waals surface area contributed by atoms with E-state index in [4.69, 9.17) is 9.52 Å². The second kappa shape index (κ2) is 7.02. The Morgan fingerprint density at radius 3 is 2.65 bits per heavy atom. The van der Waals surface area contributed by atoms with Crippen LogP contribution in [0.3, 0.4) is 0 Å². The van der Waals surface area contributed by atoms with Crippen LogP contribution in [0.4, 0.5) is 5.82 Å². The van der Waals surface area contributed by atoms with Gasteiger partial charge in [0.1, 0.15) is 5.69 Å². The molecule has 2 aromatic heterocycles. The monoisotopic (exact) mass is 310 g/mol. The molecule has 1 aromatic carbocycles. The zero-order chi connectivity index (χ0) is 16.1. The molecule has 3 aromatic rings. The molecule has 0 unspecified atom stereocenters. The van der Waals surface area contributed by atoms with Crippen molar-refractivity contribution in [3.8, 4) is 22.8 Å². The molecule has 0 radical (unpaired) electrons. The predicted molar refractivity (Wildman–Crippen MR) is 87.9 cm³/mol. The normalized spacial score (nSPS) is 10.7. The molecule has 0 aliphatic heterocycles. The molecular formula is C17H18N4O2. The van der Waals surface area contributed by atoms with Crippen molar-refractivity contribution in [2.24, 2.45) is 0 Å². The van der Waals surface area contributed by atoms with Gasteiger partial charge in [-0.25, -0.2) is 4.98 Å². The molecular weight excluding hydrogens is 292 g/mol. The summed E-state index contributed by atoms with van der Waals surface area (Å²) in [6.07, 6.45) is 2.21. The van der Waals surface area contributed by atoms with Crippen molar-refractivity contribution in [2.75, 3.05) is 18.5 Å². The molecule has 0 bridgehead atoms. The molecule has 2 N–H and O–H groups in total. The average molecular weight is 310 g/mol. The molecule has 0 fully saturated rings. The van der Waals surface area contributed by atoms with Gasteiger partial charge in [0.2, 0.25) is 5.82 Å². The summed E-state index contributed by atoms with van der Waals surface area (Å²) in [6, 6.07) is 11.6. The van der Waals surface area contributed by atoms with E-state index in [1.165, 1.54) is 5.56 Å². The van der Waals surface area contributed by atoms with Crippen LogP contribution in [-0.4, -0.2) is 33.4 Å². The molecule has 0 aliphatic carbocycles. The molecule has 23 heavy (non-hydrogen) atoms. The molecule has 0 spiro atoms. The molecule has 0 atom stereocenters. The average Bonchev–Trinajstić information content (AvgIpc) is 3.10. The summed E-state index contributed by atoms with van der Waals surface area (Å²) in [7, 11) is 0. The number of hydrogen-bond donors (Lipinski definition) is 2. The van der Waals surface area contributed by atoms with Crippen LogP contribution in [0.15, 0.2) is 47.1 Å². The van der Waals surface area contributed by atoms with Crippen LogP contribution in [0.2, 0.25) is 0 Å². The van der Waals surface area contributed by atoms with E-state index >= 15 is 0 Å². The van der Waals surface area contributed by atoms with Crippen molar-refractivity contribution in [1.29, 1.82) is 0 Å². The van der Waals surface area contributed by atoms with Gasteiger partial charge in [0.15, 0.2) is 11.6 Å². The lowest BCUT2D eigenvalue weighted by atomic mass is 10.1. The smallest absolute Gasteiger partial charge is 0.219 e. The fraction of sp³-hybridized carbons (Fsp3) is 0.235. The van der Waals surface area contributed by atoms with E-state index < -0.39 is 0 Å². The maximum absolute atomic E-state index is 8.96. The Bertz CT molecular complexity index is 755. The number of aliphatic hydroxyl groups is 1. The van der Waals surface area contributed by atoms with Gasteiger partial charge in [-0.2, -0.15) is 0 Å². The molecule has 0 saturated carbocycles. The van der Waals surface area contributed by atoms with E-state index in [9.17, 15) is 0 Å². The van der Waals surface area contributed by atoms with Crippen LogP contribution in [0, 0.1) is 6.92 Å². The number of nitrogens with zero attached hydrogens (tertiary/aromatic N) is 3. The third-order valence-corrected chi connectivity index (χ3v) is 3.38. The van der Waals surface area contributed by atoms with Gasteiger partial charge in [0.05, 0.1) is 6.26 Å². The van der Waals surface area contributed by atoms with E-state index in [2.05, 4.69) is 20.5 Å².